The molecule has 164 valence electrons. The van der Waals surface area contributed by atoms with Crippen molar-refractivity contribution < 1.29 is 19.0 Å². The van der Waals surface area contributed by atoms with Crippen molar-refractivity contribution in [3.8, 4) is 28.5 Å². The van der Waals surface area contributed by atoms with Crippen LogP contribution in [0.5, 0.6) is 17.2 Å². The summed E-state index contributed by atoms with van der Waals surface area (Å²) >= 11 is 0. The monoisotopic (exact) mass is 423 g/mol. The van der Waals surface area contributed by atoms with Gasteiger partial charge in [0.25, 0.3) is 5.91 Å². The standard InChI is InChI=1S/C24H29N3O4/c1-4-29-19-10-8-18(9-11-19)20-16-21(27-26-20)24(28)25-14-13-17-7-12-22(30-5-2)23(15-17)31-6-3/h7-12,15-16H,4-6,13-14H2,1-3H3,(H,25,28)(H,26,27). The SMILES string of the molecule is CCOc1ccc(-c2cc(C(=O)NCCc3ccc(OCC)c(OCC)c3)[nH]n2)cc1. The van der Waals surface area contributed by atoms with Gasteiger partial charge in [-0.25, -0.2) is 0 Å². The third kappa shape index (κ3) is 6.01. The van der Waals surface area contributed by atoms with Crippen molar-refractivity contribution in [2.24, 2.45) is 0 Å². The smallest absolute Gasteiger partial charge is 0.269 e. The van der Waals surface area contributed by atoms with Crippen molar-refractivity contribution >= 4 is 5.91 Å². The number of H-pyrrole nitrogens is 1. The van der Waals surface area contributed by atoms with Crippen molar-refractivity contribution in [3.05, 3.63) is 59.8 Å². The Bertz CT molecular complexity index is 983. The first-order chi connectivity index (χ1) is 15.1. The number of aromatic nitrogens is 2. The number of rotatable bonds is 11. The van der Waals surface area contributed by atoms with E-state index in [1.807, 2.05) is 63.2 Å². The molecule has 1 aromatic heterocycles. The van der Waals surface area contributed by atoms with E-state index in [0.717, 1.165) is 28.4 Å². The third-order valence-corrected chi connectivity index (χ3v) is 4.59. The number of carbonyl (C=O) groups is 1. The van der Waals surface area contributed by atoms with Gasteiger partial charge < -0.3 is 19.5 Å². The van der Waals surface area contributed by atoms with Crippen molar-refractivity contribution in [3.63, 3.8) is 0 Å². The van der Waals surface area contributed by atoms with Crippen molar-refractivity contribution in [2.75, 3.05) is 26.4 Å². The minimum absolute atomic E-state index is 0.194. The van der Waals surface area contributed by atoms with Crippen LogP contribution < -0.4 is 19.5 Å². The molecule has 31 heavy (non-hydrogen) atoms. The summed E-state index contributed by atoms with van der Waals surface area (Å²) in [5.74, 6) is 2.07. The second kappa shape index (κ2) is 11.1. The van der Waals surface area contributed by atoms with Gasteiger partial charge in [0.2, 0.25) is 0 Å². The van der Waals surface area contributed by atoms with E-state index in [4.69, 9.17) is 14.2 Å². The summed E-state index contributed by atoms with van der Waals surface area (Å²) in [4.78, 5) is 12.5. The maximum atomic E-state index is 12.5. The highest BCUT2D eigenvalue weighted by Gasteiger charge is 2.12. The Labute approximate surface area is 182 Å². The average Bonchev–Trinajstić information content (AvgIpc) is 3.27. The first-order valence-corrected chi connectivity index (χ1v) is 10.6. The molecule has 0 saturated heterocycles. The van der Waals surface area contributed by atoms with Gasteiger partial charge in [-0.05, 0) is 75.2 Å². The molecule has 2 aromatic carbocycles. The second-order valence-corrected chi connectivity index (χ2v) is 6.78. The lowest BCUT2D eigenvalue weighted by molar-refractivity contribution is 0.0949. The zero-order valence-electron chi connectivity index (χ0n) is 18.2. The topological polar surface area (TPSA) is 85.5 Å². The highest BCUT2D eigenvalue weighted by atomic mass is 16.5. The Hall–Kier alpha value is -3.48. The maximum Gasteiger partial charge on any atom is 0.269 e. The fraction of sp³-hybridized carbons (Fsp3) is 0.333. The molecule has 7 heteroatoms. The van der Waals surface area contributed by atoms with Gasteiger partial charge >= 0.3 is 0 Å². The third-order valence-electron chi connectivity index (χ3n) is 4.59. The maximum absolute atomic E-state index is 12.5. The van der Waals surface area contributed by atoms with E-state index in [2.05, 4.69) is 15.5 Å². The lowest BCUT2D eigenvalue weighted by Gasteiger charge is -2.12. The van der Waals surface area contributed by atoms with Crippen LogP contribution in [0, 0.1) is 0 Å². The number of hydrogen-bond acceptors (Lipinski definition) is 5. The number of amides is 1. The predicted molar refractivity (Wildman–Crippen MR) is 120 cm³/mol. The Morgan fingerprint density at radius 1 is 0.903 bits per heavy atom. The number of nitrogens with zero attached hydrogens (tertiary/aromatic N) is 1. The summed E-state index contributed by atoms with van der Waals surface area (Å²) in [5.41, 5.74) is 3.11. The number of ether oxygens (including phenoxy) is 3. The van der Waals surface area contributed by atoms with Crippen molar-refractivity contribution in [1.29, 1.82) is 0 Å². The molecule has 0 saturated carbocycles. The Kier molecular flexibility index (Phi) is 7.92. The molecule has 0 unspecified atom stereocenters. The van der Waals surface area contributed by atoms with Crippen LogP contribution in [0.1, 0.15) is 36.8 Å². The minimum Gasteiger partial charge on any atom is -0.494 e. The number of carbonyl (C=O) groups excluding carboxylic acids is 1. The summed E-state index contributed by atoms with van der Waals surface area (Å²) < 4.78 is 16.7. The predicted octanol–water partition coefficient (Wildman–Crippen LogP) is 4.25. The summed E-state index contributed by atoms with van der Waals surface area (Å²) in [6.07, 6.45) is 0.679. The first kappa shape index (κ1) is 22.2. The molecule has 7 nitrogen and oxygen atoms in total. The quantitative estimate of drug-likeness (QED) is 0.482. The second-order valence-electron chi connectivity index (χ2n) is 6.78. The van der Waals surface area contributed by atoms with Crippen LogP contribution >= 0.6 is 0 Å². The van der Waals surface area contributed by atoms with E-state index in [1.54, 1.807) is 6.07 Å². The average molecular weight is 424 g/mol. The lowest BCUT2D eigenvalue weighted by Crippen LogP contribution is -2.26. The Balaban J connectivity index is 1.56. The van der Waals surface area contributed by atoms with Gasteiger partial charge in [-0.2, -0.15) is 5.10 Å². The van der Waals surface area contributed by atoms with E-state index in [9.17, 15) is 4.79 Å². The van der Waals surface area contributed by atoms with Gasteiger partial charge in [-0.3, -0.25) is 9.89 Å². The van der Waals surface area contributed by atoms with E-state index in [1.165, 1.54) is 0 Å². The zero-order valence-corrected chi connectivity index (χ0v) is 18.2. The van der Waals surface area contributed by atoms with Crippen LogP contribution in [0.4, 0.5) is 0 Å². The minimum atomic E-state index is -0.194. The molecule has 0 aliphatic rings. The van der Waals surface area contributed by atoms with E-state index >= 15 is 0 Å². The molecule has 0 fully saturated rings. The van der Waals surface area contributed by atoms with Gasteiger partial charge in [0.15, 0.2) is 11.5 Å². The van der Waals surface area contributed by atoms with Crippen molar-refractivity contribution in [1.82, 2.24) is 15.5 Å². The number of aromatic amines is 1. The highest BCUT2D eigenvalue weighted by Crippen LogP contribution is 2.28. The molecule has 0 aliphatic carbocycles. The van der Waals surface area contributed by atoms with Crippen LogP contribution in [-0.2, 0) is 6.42 Å². The largest absolute Gasteiger partial charge is 0.494 e. The number of nitrogens with one attached hydrogen (secondary N) is 2. The zero-order chi connectivity index (χ0) is 22.1. The number of hydrogen-bond donors (Lipinski definition) is 2. The molecule has 0 bridgehead atoms. The first-order valence-electron chi connectivity index (χ1n) is 10.6. The molecule has 3 aromatic rings. The van der Waals surface area contributed by atoms with Gasteiger partial charge in [0.1, 0.15) is 11.4 Å². The molecule has 2 N–H and O–H groups in total. The van der Waals surface area contributed by atoms with E-state index < -0.39 is 0 Å². The molecule has 0 radical (unpaired) electrons. The van der Waals surface area contributed by atoms with Gasteiger partial charge in [0, 0.05) is 12.1 Å². The van der Waals surface area contributed by atoms with Gasteiger partial charge in [-0.1, -0.05) is 6.07 Å². The lowest BCUT2D eigenvalue weighted by atomic mass is 10.1. The molecule has 0 atom stereocenters. The highest BCUT2D eigenvalue weighted by molar-refractivity contribution is 5.93. The Morgan fingerprint density at radius 3 is 2.32 bits per heavy atom. The summed E-state index contributed by atoms with van der Waals surface area (Å²) in [6.45, 7) is 8.09. The fourth-order valence-corrected chi connectivity index (χ4v) is 3.14. The number of benzene rings is 2. The molecular weight excluding hydrogens is 394 g/mol. The summed E-state index contributed by atoms with van der Waals surface area (Å²) in [5, 5.41) is 9.99. The normalized spacial score (nSPS) is 10.5. The fourth-order valence-electron chi connectivity index (χ4n) is 3.14. The van der Waals surface area contributed by atoms with Crippen LogP contribution in [0.25, 0.3) is 11.3 Å². The summed E-state index contributed by atoms with van der Waals surface area (Å²) in [7, 11) is 0. The molecule has 1 heterocycles. The Morgan fingerprint density at radius 2 is 1.61 bits per heavy atom. The molecule has 1 amide bonds. The van der Waals surface area contributed by atoms with E-state index in [-0.39, 0.29) is 5.91 Å². The molecule has 0 spiro atoms. The molecular formula is C24H29N3O4. The van der Waals surface area contributed by atoms with Gasteiger partial charge in [-0.15, -0.1) is 0 Å². The van der Waals surface area contributed by atoms with Crippen LogP contribution in [0.3, 0.4) is 0 Å². The van der Waals surface area contributed by atoms with Crippen LogP contribution in [0.15, 0.2) is 48.5 Å². The van der Waals surface area contributed by atoms with Crippen molar-refractivity contribution in [2.45, 2.75) is 27.2 Å². The van der Waals surface area contributed by atoms with Crippen LogP contribution in [-0.4, -0.2) is 42.5 Å². The van der Waals surface area contributed by atoms with Crippen LogP contribution in [0.2, 0.25) is 0 Å². The molecule has 0 aliphatic heterocycles. The van der Waals surface area contributed by atoms with Gasteiger partial charge in [0.05, 0.1) is 25.5 Å². The molecule has 3 rings (SSSR count). The summed E-state index contributed by atoms with van der Waals surface area (Å²) in [6, 6.07) is 15.2. The van der Waals surface area contributed by atoms with E-state index in [0.29, 0.717) is 44.2 Å².